The van der Waals surface area contributed by atoms with Gasteiger partial charge in [-0.3, -0.25) is 0 Å². The van der Waals surface area contributed by atoms with Crippen LogP contribution < -0.4 is 11.1 Å². The van der Waals surface area contributed by atoms with Crippen molar-refractivity contribution in [2.45, 2.75) is 40.2 Å². The Bertz CT molecular complexity index is 610. The Labute approximate surface area is 124 Å². The molecule has 0 aliphatic heterocycles. The molecule has 0 atom stereocenters. The van der Waals surface area contributed by atoms with Crippen LogP contribution in [0.4, 0.5) is 5.69 Å². The lowest BCUT2D eigenvalue weighted by Crippen LogP contribution is -2.24. The highest BCUT2D eigenvalue weighted by Crippen LogP contribution is 2.22. The maximum atomic E-state index is 5.96. The van der Waals surface area contributed by atoms with Gasteiger partial charge in [0, 0.05) is 5.69 Å². The minimum atomic E-state index is 0.273. The third-order valence-electron chi connectivity index (χ3n) is 3.21. The van der Waals surface area contributed by atoms with Gasteiger partial charge in [0.25, 0.3) is 0 Å². The first-order chi connectivity index (χ1) is 10.1. The fourth-order valence-electron chi connectivity index (χ4n) is 2.13. The van der Waals surface area contributed by atoms with Gasteiger partial charge in [-0.2, -0.15) is 4.98 Å². The van der Waals surface area contributed by atoms with Gasteiger partial charge in [-0.1, -0.05) is 37.2 Å². The Balaban J connectivity index is 2.13. The number of nitrogens with one attached hydrogen (secondary N) is 1. The van der Waals surface area contributed by atoms with Gasteiger partial charge < -0.3 is 15.6 Å². The average Bonchev–Trinajstić information content (AvgIpc) is 2.91. The summed E-state index contributed by atoms with van der Waals surface area (Å²) in [7, 11) is 0. The maximum Gasteiger partial charge on any atom is 0.248 e. The number of benzene rings is 1. The summed E-state index contributed by atoms with van der Waals surface area (Å²) in [4.78, 5) is 8.33. The van der Waals surface area contributed by atoms with E-state index in [4.69, 9.17) is 10.3 Å². The summed E-state index contributed by atoms with van der Waals surface area (Å²) >= 11 is 0. The maximum absolute atomic E-state index is 5.96. The molecule has 1 aromatic carbocycles. The van der Waals surface area contributed by atoms with E-state index in [-0.39, 0.29) is 6.54 Å². The predicted octanol–water partition coefficient (Wildman–Crippen LogP) is 2.43. The van der Waals surface area contributed by atoms with Crippen LogP contribution in [-0.4, -0.2) is 16.1 Å². The van der Waals surface area contributed by atoms with Gasteiger partial charge in [0.1, 0.15) is 6.54 Å². The van der Waals surface area contributed by atoms with E-state index < -0.39 is 0 Å². The summed E-state index contributed by atoms with van der Waals surface area (Å²) in [6, 6.07) is 6.25. The van der Waals surface area contributed by atoms with Gasteiger partial charge >= 0.3 is 0 Å². The smallest absolute Gasteiger partial charge is 0.248 e. The molecule has 0 radical (unpaired) electrons. The van der Waals surface area contributed by atoms with Gasteiger partial charge in [0.05, 0.1) is 0 Å². The van der Waals surface area contributed by atoms with E-state index in [1.807, 2.05) is 0 Å². The van der Waals surface area contributed by atoms with Crippen molar-refractivity contribution in [1.82, 2.24) is 10.1 Å². The quantitative estimate of drug-likeness (QED) is 0.651. The van der Waals surface area contributed by atoms with E-state index in [0.717, 1.165) is 18.5 Å². The first kappa shape index (κ1) is 15.0. The molecular weight excluding hydrogens is 266 g/mol. The van der Waals surface area contributed by atoms with Crippen LogP contribution in [-0.2, 0) is 19.4 Å². The molecule has 112 valence electrons. The highest BCUT2D eigenvalue weighted by Gasteiger charge is 2.07. The second-order valence-corrected chi connectivity index (χ2v) is 4.72. The molecule has 1 aromatic heterocycles. The molecule has 0 aliphatic carbocycles. The van der Waals surface area contributed by atoms with Gasteiger partial charge in [0.2, 0.25) is 5.89 Å². The largest absolute Gasteiger partial charge is 0.370 e. The van der Waals surface area contributed by atoms with Gasteiger partial charge in [-0.15, -0.1) is 0 Å². The summed E-state index contributed by atoms with van der Waals surface area (Å²) in [5.41, 5.74) is 9.45. The third kappa shape index (κ3) is 3.81. The van der Waals surface area contributed by atoms with Crippen molar-refractivity contribution < 1.29 is 4.52 Å². The van der Waals surface area contributed by atoms with Crippen molar-refractivity contribution in [3.63, 3.8) is 0 Å². The monoisotopic (exact) mass is 287 g/mol. The van der Waals surface area contributed by atoms with Crippen molar-refractivity contribution in [1.29, 1.82) is 0 Å². The number of para-hydroxylation sites is 1. The van der Waals surface area contributed by atoms with E-state index >= 15 is 0 Å². The third-order valence-corrected chi connectivity index (χ3v) is 3.21. The molecule has 0 amide bonds. The van der Waals surface area contributed by atoms with Gasteiger partial charge in [-0.25, -0.2) is 4.99 Å². The zero-order valence-electron chi connectivity index (χ0n) is 12.7. The molecule has 0 fully saturated rings. The molecule has 0 spiro atoms. The van der Waals surface area contributed by atoms with E-state index in [0.29, 0.717) is 17.7 Å². The highest BCUT2D eigenvalue weighted by molar-refractivity contribution is 5.93. The molecule has 2 rings (SSSR count). The molecule has 2 aromatic rings. The summed E-state index contributed by atoms with van der Waals surface area (Å²) in [5.74, 6) is 1.40. The van der Waals surface area contributed by atoms with E-state index in [1.165, 1.54) is 11.1 Å². The standard InChI is InChI=1S/C15H21N5O/c1-4-11-7-6-8-12(5-2)14(11)19-15(16)17-9-13-18-10(3)20-21-13/h6-8H,4-5,9H2,1-3H3,(H3,16,17,19). The summed E-state index contributed by atoms with van der Waals surface area (Å²) in [6.45, 7) is 6.28. The molecule has 0 unspecified atom stereocenters. The SMILES string of the molecule is CCc1cccc(CC)c1NC(N)=NCc1nc(C)no1. The molecule has 21 heavy (non-hydrogen) atoms. The summed E-state index contributed by atoms with van der Waals surface area (Å²) in [6.07, 6.45) is 1.87. The molecule has 0 bridgehead atoms. The van der Waals surface area contributed by atoms with Crippen molar-refractivity contribution in [2.24, 2.45) is 10.7 Å². The zero-order valence-corrected chi connectivity index (χ0v) is 12.7. The van der Waals surface area contributed by atoms with Crippen molar-refractivity contribution in [3.05, 3.63) is 41.0 Å². The van der Waals surface area contributed by atoms with Crippen molar-refractivity contribution >= 4 is 11.6 Å². The fraction of sp³-hybridized carbons (Fsp3) is 0.400. The highest BCUT2D eigenvalue weighted by atomic mass is 16.5. The van der Waals surface area contributed by atoms with E-state index in [9.17, 15) is 0 Å². The summed E-state index contributed by atoms with van der Waals surface area (Å²) < 4.78 is 5.00. The molecule has 6 nitrogen and oxygen atoms in total. The number of nitrogens with zero attached hydrogens (tertiary/aromatic N) is 3. The van der Waals surface area contributed by atoms with Crippen LogP contribution in [0.3, 0.4) is 0 Å². The van der Waals surface area contributed by atoms with Crippen LogP contribution in [0.15, 0.2) is 27.7 Å². The number of guanidine groups is 1. The summed E-state index contributed by atoms with van der Waals surface area (Å²) in [5, 5.41) is 6.91. The zero-order chi connectivity index (χ0) is 15.2. The molecular formula is C15H21N5O. The molecule has 0 aliphatic rings. The lowest BCUT2D eigenvalue weighted by molar-refractivity contribution is 0.376. The Morgan fingerprint density at radius 3 is 2.48 bits per heavy atom. The van der Waals surface area contributed by atoms with Crippen molar-refractivity contribution in [2.75, 3.05) is 5.32 Å². The van der Waals surface area contributed by atoms with Crippen LogP contribution in [0.25, 0.3) is 0 Å². The van der Waals surface area contributed by atoms with Crippen LogP contribution in [0, 0.1) is 6.92 Å². The number of aliphatic imine (C=N–C) groups is 1. The van der Waals surface area contributed by atoms with Gasteiger partial charge in [0.15, 0.2) is 11.8 Å². The van der Waals surface area contributed by atoms with Gasteiger partial charge in [-0.05, 0) is 30.9 Å². The van der Waals surface area contributed by atoms with Crippen LogP contribution in [0.1, 0.15) is 36.7 Å². The molecule has 3 N–H and O–H groups in total. The van der Waals surface area contributed by atoms with Crippen LogP contribution in [0.5, 0.6) is 0 Å². The molecule has 0 saturated carbocycles. The van der Waals surface area contributed by atoms with E-state index in [1.54, 1.807) is 6.92 Å². The molecule has 1 heterocycles. The Morgan fingerprint density at radius 1 is 1.29 bits per heavy atom. The van der Waals surface area contributed by atoms with Crippen molar-refractivity contribution in [3.8, 4) is 0 Å². The Morgan fingerprint density at radius 2 is 1.95 bits per heavy atom. The Kier molecular flexibility index (Phi) is 4.92. The number of hydrogen-bond acceptors (Lipinski definition) is 4. The number of rotatable bonds is 5. The van der Waals surface area contributed by atoms with Crippen LogP contribution >= 0.6 is 0 Å². The molecule has 0 saturated heterocycles. The number of aryl methyl sites for hydroxylation is 3. The number of anilines is 1. The molecule has 6 heteroatoms. The minimum Gasteiger partial charge on any atom is -0.370 e. The number of nitrogens with two attached hydrogens (primary N) is 1. The van der Waals surface area contributed by atoms with Crippen LogP contribution in [0.2, 0.25) is 0 Å². The normalized spacial score (nSPS) is 11.7. The fourth-order valence-corrected chi connectivity index (χ4v) is 2.13. The topological polar surface area (TPSA) is 89.3 Å². The first-order valence-corrected chi connectivity index (χ1v) is 7.10. The lowest BCUT2D eigenvalue weighted by atomic mass is 10.0. The number of aromatic nitrogens is 2. The number of hydrogen-bond donors (Lipinski definition) is 2. The Hall–Kier alpha value is -2.37. The second-order valence-electron chi connectivity index (χ2n) is 4.72. The minimum absolute atomic E-state index is 0.273. The average molecular weight is 287 g/mol. The second kappa shape index (κ2) is 6.88. The first-order valence-electron chi connectivity index (χ1n) is 7.10. The van der Waals surface area contributed by atoms with E-state index in [2.05, 4.69) is 52.5 Å². The lowest BCUT2D eigenvalue weighted by Gasteiger charge is -2.14. The predicted molar refractivity (Wildman–Crippen MR) is 83.2 cm³/mol.